The van der Waals surface area contributed by atoms with Gasteiger partial charge in [-0.3, -0.25) is 4.79 Å². The van der Waals surface area contributed by atoms with Crippen molar-refractivity contribution in [3.05, 3.63) is 60.3 Å². The fourth-order valence-corrected chi connectivity index (χ4v) is 4.30. The number of benzene rings is 1. The molecule has 1 aromatic carbocycles. The summed E-state index contributed by atoms with van der Waals surface area (Å²) >= 11 is 0. The Kier molecular flexibility index (Phi) is 4.91. The Labute approximate surface area is 155 Å². The minimum atomic E-state index is 0.0543. The molecule has 4 heteroatoms. The van der Waals surface area contributed by atoms with Gasteiger partial charge in [0.2, 0.25) is 5.91 Å². The molecule has 1 atom stereocenters. The Morgan fingerprint density at radius 3 is 2.62 bits per heavy atom. The molecule has 0 bridgehead atoms. The number of pyridine rings is 1. The lowest BCUT2D eigenvalue weighted by Gasteiger charge is -2.43. The molecule has 4 nitrogen and oxygen atoms in total. The molecule has 1 aliphatic carbocycles. The summed E-state index contributed by atoms with van der Waals surface area (Å²) in [6.45, 7) is 2.51. The Morgan fingerprint density at radius 2 is 1.92 bits per heavy atom. The van der Waals surface area contributed by atoms with Crippen LogP contribution in [0.5, 0.6) is 0 Å². The predicted molar refractivity (Wildman–Crippen MR) is 104 cm³/mol. The van der Waals surface area contributed by atoms with Crippen LogP contribution in [-0.4, -0.2) is 30.5 Å². The van der Waals surface area contributed by atoms with Crippen molar-refractivity contribution in [1.29, 1.82) is 0 Å². The smallest absolute Gasteiger partial charge is 0.224 e. The highest BCUT2D eigenvalue weighted by Crippen LogP contribution is 2.43. The summed E-state index contributed by atoms with van der Waals surface area (Å²) in [6, 6.07) is 16.6. The second kappa shape index (κ2) is 7.48. The van der Waals surface area contributed by atoms with Crippen molar-refractivity contribution in [3.63, 3.8) is 0 Å². The number of rotatable bonds is 5. The minimum absolute atomic E-state index is 0.0543. The van der Waals surface area contributed by atoms with Crippen LogP contribution < -0.4 is 10.2 Å². The van der Waals surface area contributed by atoms with Crippen molar-refractivity contribution in [2.24, 2.45) is 5.92 Å². The summed E-state index contributed by atoms with van der Waals surface area (Å²) in [5.41, 5.74) is 1.51. The Balaban J connectivity index is 1.37. The fourth-order valence-electron chi connectivity index (χ4n) is 4.30. The first-order valence-electron chi connectivity index (χ1n) is 9.76. The zero-order valence-corrected chi connectivity index (χ0v) is 15.2. The quantitative estimate of drug-likeness (QED) is 0.898. The third kappa shape index (κ3) is 3.46. The van der Waals surface area contributed by atoms with E-state index in [1.54, 1.807) is 0 Å². The highest BCUT2D eigenvalue weighted by atomic mass is 16.1. The molecule has 2 heterocycles. The molecule has 1 saturated heterocycles. The van der Waals surface area contributed by atoms with Crippen LogP contribution >= 0.6 is 0 Å². The van der Waals surface area contributed by atoms with Crippen molar-refractivity contribution in [1.82, 2.24) is 10.3 Å². The molecule has 136 valence electrons. The number of aromatic nitrogens is 1. The van der Waals surface area contributed by atoms with Gasteiger partial charge in [0.05, 0.1) is 5.92 Å². The van der Waals surface area contributed by atoms with Crippen LogP contribution in [0.3, 0.4) is 0 Å². The number of carbonyl (C=O) groups is 1. The van der Waals surface area contributed by atoms with Gasteiger partial charge in [0.25, 0.3) is 0 Å². The third-order valence-electron chi connectivity index (χ3n) is 6.06. The molecule has 0 unspecified atom stereocenters. The summed E-state index contributed by atoms with van der Waals surface area (Å²) < 4.78 is 0. The maximum atomic E-state index is 12.8. The van der Waals surface area contributed by atoms with Gasteiger partial charge in [0.15, 0.2) is 0 Å². The van der Waals surface area contributed by atoms with E-state index in [0.717, 1.165) is 38.3 Å². The van der Waals surface area contributed by atoms with E-state index in [9.17, 15) is 4.79 Å². The molecule has 26 heavy (non-hydrogen) atoms. The topological polar surface area (TPSA) is 45.2 Å². The van der Waals surface area contributed by atoms with E-state index in [1.165, 1.54) is 24.8 Å². The Bertz CT molecular complexity index is 728. The summed E-state index contributed by atoms with van der Waals surface area (Å²) in [5.74, 6) is 1.23. The third-order valence-corrected chi connectivity index (χ3v) is 6.06. The van der Waals surface area contributed by atoms with Gasteiger partial charge in [-0.2, -0.15) is 0 Å². The lowest BCUT2D eigenvalue weighted by molar-refractivity contribution is -0.125. The van der Waals surface area contributed by atoms with Crippen LogP contribution in [0.25, 0.3) is 0 Å². The monoisotopic (exact) mass is 349 g/mol. The predicted octanol–water partition coefficient (Wildman–Crippen LogP) is 3.54. The van der Waals surface area contributed by atoms with Gasteiger partial charge >= 0.3 is 0 Å². The maximum Gasteiger partial charge on any atom is 0.224 e. The first kappa shape index (κ1) is 17.1. The van der Waals surface area contributed by atoms with Gasteiger partial charge in [-0.25, -0.2) is 4.98 Å². The number of nitrogens with one attached hydrogen (secondary N) is 1. The molecule has 1 N–H and O–H groups in total. The second-order valence-electron chi connectivity index (χ2n) is 7.69. The molecule has 1 aliphatic heterocycles. The summed E-state index contributed by atoms with van der Waals surface area (Å²) in [7, 11) is 0. The van der Waals surface area contributed by atoms with Gasteiger partial charge in [-0.15, -0.1) is 0 Å². The molecular weight excluding hydrogens is 322 g/mol. The average molecular weight is 349 g/mol. The zero-order chi connectivity index (χ0) is 17.8. The number of hydrogen-bond acceptors (Lipinski definition) is 3. The van der Waals surface area contributed by atoms with Gasteiger partial charge in [0.1, 0.15) is 5.82 Å². The zero-order valence-electron chi connectivity index (χ0n) is 15.2. The molecule has 2 aromatic rings. The van der Waals surface area contributed by atoms with E-state index in [-0.39, 0.29) is 17.2 Å². The lowest BCUT2D eigenvalue weighted by Crippen LogP contribution is -2.49. The summed E-state index contributed by atoms with van der Waals surface area (Å²) in [5, 5.41) is 3.28. The molecule has 0 radical (unpaired) electrons. The first-order valence-corrected chi connectivity index (χ1v) is 9.76. The highest BCUT2D eigenvalue weighted by molar-refractivity contribution is 5.79. The van der Waals surface area contributed by atoms with E-state index in [1.807, 2.05) is 24.4 Å². The van der Waals surface area contributed by atoms with Crippen LogP contribution in [0, 0.1) is 5.92 Å². The summed E-state index contributed by atoms with van der Waals surface area (Å²) in [6.07, 6.45) is 7.41. The number of nitrogens with zero attached hydrogens (tertiary/aromatic N) is 2. The first-order chi connectivity index (χ1) is 12.8. The van der Waals surface area contributed by atoms with Crippen molar-refractivity contribution >= 4 is 11.7 Å². The van der Waals surface area contributed by atoms with Crippen LogP contribution in [0.2, 0.25) is 0 Å². The molecule has 4 rings (SSSR count). The fraction of sp³-hybridized carbons (Fsp3) is 0.455. The summed E-state index contributed by atoms with van der Waals surface area (Å²) in [4.78, 5) is 19.5. The number of carbonyl (C=O) groups excluding carboxylic acids is 1. The van der Waals surface area contributed by atoms with E-state index in [2.05, 4.69) is 45.5 Å². The Morgan fingerprint density at radius 1 is 1.12 bits per heavy atom. The van der Waals surface area contributed by atoms with Crippen LogP contribution in [0.4, 0.5) is 5.82 Å². The van der Waals surface area contributed by atoms with E-state index in [0.29, 0.717) is 0 Å². The van der Waals surface area contributed by atoms with Crippen LogP contribution in [-0.2, 0) is 10.2 Å². The van der Waals surface area contributed by atoms with E-state index in [4.69, 9.17) is 0 Å². The van der Waals surface area contributed by atoms with Gasteiger partial charge in [-0.05, 0) is 43.4 Å². The minimum Gasteiger partial charge on any atom is -0.356 e. The van der Waals surface area contributed by atoms with Gasteiger partial charge in [-0.1, -0.05) is 42.8 Å². The standard InChI is InChI=1S/C22H27N3O/c26-21(18-8-6-15-25(16-18)20-11-4-5-14-23-20)24-17-22(12-7-13-22)19-9-2-1-3-10-19/h1-5,9-11,14,18H,6-8,12-13,15-17H2,(H,24,26)/t18-/m1/s1. The molecule has 0 spiro atoms. The molecule has 2 aliphatic rings. The maximum absolute atomic E-state index is 12.8. The van der Waals surface area contributed by atoms with E-state index >= 15 is 0 Å². The van der Waals surface area contributed by atoms with Crippen molar-refractivity contribution in [2.45, 2.75) is 37.5 Å². The molecule has 1 saturated carbocycles. The van der Waals surface area contributed by atoms with E-state index < -0.39 is 0 Å². The normalized spacial score (nSPS) is 21.7. The lowest BCUT2D eigenvalue weighted by atomic mass is 9.64. The van der Waals surface area contributed by atoms with Crippen molar-refractivity contribution < 1.29 is 4.79 Å². The largest absolute Gasteiger partial charge is 0.356 e. The van der Waals surface area contributed by atoms with Gasteiger partial charge < -0.3 is 10.2 Å². The van der Waals surface area contributed by atoms with Gasteiger partial charge in [0, 0.05) is 31.2 Å². The Hall–Kier alpha value is -2.36. The van der Waals surface area contributed by atoms with Crippen LogP contribution in [0.1, 0.15) is 37.7 Å². The molecular formula is C22H27N3O. The number of piperidine rings is 1. The SMILES string of the molecule is O=C(NCC1(c2ccccc2)CCC1)[C@@H]1CCCN(c2ccccn2)C1. The number of amides is 1. The van der Waals surface area contributed by atoms with Crippen molar-refractivity contribution in [3.8, 4) is 0 Å². The second-order valence-corrected chi connectivity index (χ2v) is 7.69. The number of anilines is 1. The molecule has 1 amide bonds. The molecule has 2 fully saturated rings. The van der Waals surface area contributed by atoms with Crippen LogP contribution in [0.15, 0.2) is 54.7 Å². The number of hydrogen-bond donors (Lipinski definition) is 1. The molecule has 1 aromatic heterocycles. The average Bonchev–Trinajstić information content (AvgIpc) is 2.69. The highest BCUT2D eigenvalue weighted by Gasteiger charge is 2.39. The van der Waals surface area contributed by atoms with Crippen molar-refractivity contribution in [2.75, 3.05) is 24.5 Å².